The lowest BCUT2D eigenvalue weighted by atomic mass is 9.99. The first-order valence-electron chi connectivity index (χ1n) is 8.36. The number of nitrogens with zero attached hydrogens (tertiary/aromatic N) is 2. The molecule has 0 aromatic heterocycles. The Bertz CT molecular complexity index is 485. The SMILES string of the molecule is CCCN1CCC(NC(CC)c2cccc([N+](=O)[O-])c2)CC1. The van der Waals surface area contributed by atoms with Crippen LogP contribution in [0.1, 0.15) is 51.1 Å². The highest BCUT2D eigenvalue weighted by molar-refractivity contribution is 5.35. The molecule has 1 N–H and O–H groups in total. The summed E-state index contributed by atoms with van der Waals surface area (Å²) >= 11 is 0. The third-order valence-electron chi connectivity index (χ3n) is 4.46. The number of nitrogens with one attached hydrogen (secondary N) is 1. The molecular formula is C17H27N3O2. The first-order valence-corrected chi connectivity index (χ1v) is 8.36. The van der Waals surface area contributed by atoms with Gasteiger partial charge in [0.2, 0.25) is 0 Å². The summed E-state index contributed by atoms with van der Waals surface area (Å²) in [4.78, 5) is 13.1. The van der Waals surface area contributed by atoms with Gasteiger partial charge in [0.15, 0.2) is 0 Å². The van der Waals surface area contributed by atoms with Gasteiger partial charge in [0.25, 0.3) is 5.69 Å². The van der Waals surface area contributed by atoms with Crippen molar-refractivity contribution >= 4 is 5.69 Å². The zero-order chi connectivity index (χ0) is 15.9. The summed E-state index contributed by atoms with van der Waals surface area (Å²) in [5.74, 6) is 0. The number of hydrogen-bond donors (Lipinski definition) is 1. The standard InChI is InChI=1S/C17H27N3O2/c1-3-10-19-11-8-15(9-12-19)18-17(4-2)14-6-5-7-16(13-14)20(21)22/h5-7,13,15,17-18H,3-4,8-12H2,1-2H3. The van der Waals surface area contributed by atoms with E-state index < -0.39 is 0 Å². The van der Waals surface area contributed by atoms with Crippen molar-refractivity contribution in [3.8, 4) is 0 Å². The van der Waals surface area contributed by atoms with Crippen LogP contribution in [-0.2, 0) is 0 Å². The van der Waals surface area contributed by atoms with Gasteiger partial charge in [-0.3, -0.25) is 10.1 Å². The third kappa shape index (κ3) is 4.52. The highest BCUT2D eigenvalue weighted by Gasteiger charge is 2.22. The fourth-order valence-corrected chi connectivity index (χ4v) is 3.23. The van der Waals surface area contributed by atoms with Gasteiger partial charge >= 0.3 is 0 Å². The molecule has 1 aliphatic heterocycles. The van der Waals surface area contributed by atoms with E-state index in [1.165, 1.54) is 13.0 Å². The van der Waals surface area contributed by atoms with Gasteiger partial charge in [0.1, 0.15) is 0 Å². The predicted molar refractivity (Wildman–Crippen MR) is 89.0 cm³/mol. The maximum atomic E-state index is 10.9. The van der Waals surface area contributed by atoms with Crippen molar-refractivity contribution in [2.24, 2.45) is 0 Å². The summed E-state index contributed by atoms with van der Waals surface area (Å²) in [6.45, 7) is 7.84. The minimum atomic E-state index is -0.320. The fraction of sp³-hybridized carbons (Fsp3) is 0.647. The van der Waals surface area contributed by atoms with Crippen LogP contribution in [0, 0.1) is 10.1 Å². The van der Waals surface area contributed by atoms with Crippen LogP contribution in [-0.4, -0.2) is 35.5 Å². The molecule has 122 valence electrons. The average molecular weight is 305 g/mol. The van der Waals surface area contributed by atoms with Gasteiger partial charge in [-0.25, -0.2) is 0 Å². The van der Waals surface area contributed by atoms with Crippen molar-refractivity contribution in [2.75, 3.05) is 19.6 Å². The Balaban J connectivity index is 1.95. The molecule has 1 aromatic carbocycles. The van der Waals surface area contributed by atoms with E-state index in [0.717, 1.165) is 37.9 Å². The maximum Gasteiger partial charge on any atom is 0.269 e. The monoisotopic (exact) mass is 305 g/mol. The topological polar surface area (TPSA) is 58.4 Å². The molecule has 1 saturated heterocycles. The lowest BCUT2D eigenvalue weighted by Crippen LogP contribution is -2.43. The molecule has 1 atom stereocenters. The molecular weight excluding hydrogens is 278 g/mol. The summed E-state index contributed by atoms with van der Waals surface area (Å²) < 4.78 is 0. The van der Waals surface area contributed by atoms with E-state index in [4.69, 9.17) is 0 Å². The van der Waals surface area contributed by atoms with Crippen LogP contribution in [0.2, 0.25) is 0 Å². The van der Waals surface area contributed by atoms with Gasteiger partial charge < -0.3 is 10.2 Å². The Labute approximate surface area is 132 Å². The number of likely N-dealkylation sites (tertiary alicyclic amines) is 1. The second-order valence-corrected chi connectivity index (χ2v) is 6.10. The van der Waals surface area contributed by atoms with Crippen LogP contribution < -0.4 is 5.32 Å². The van der Waals surface area contributed by atoms with E-state index >= 15 is 0 Å². The Morgan fingerprint density at radius 3 is 2.68 bits per heavy atom. The molecule has 0 bridgehead atoms. The van der Waals surface area contributed by atoms with Crippen molar-refractivity contribution in [2.45, 2.75) is 51.6 Å². The Hall–Kier alpha value is -1.46. The van der Waals surface area contributed by atoms with Crippen molar-refractivity contribution in [3.05, 3.63) is 39.9 Å². The first-order chi connectivity index (χ1) is 10.6. The van der Waals surface area contributed by atoms with E-state index in [1.807, 2.05) is 6.07 Å². The quantitative estimate of drug-likeness (QED) is 0.618. The Morgan fingerprint density at radius 2 is 2.09 bits per heavy atom. The number of piperidine rings is 1. The number of nitro groups is 1. The zero-order valence-electron chi connectivity index (χ0n) is 13.6. The summed E-state index contributed by atoms with van der Waals surface area (Å²) in [7, 11) is 0. The average Bonchev–Trinajstić information content (AvgIpc) is 2.54. The second-order valence-electron chi connectivity index (χ2n) is 6.10. The molecule has 5 heteroatoms. The Morgan fingerprint density at radius 1 is 1.36 bits per heavy atom. The summed E-state index contributed by atoms with van der Waals surface area (Å²) in [5, 5.41) is 14.6. The maximum absolute atomic E-state index is 10.9. The van der Waals surface area contributed by atoms with Gasteiger partial charge in [-0.1, -0.05) is 26.0 Å². The summed E-state index contributed by atoms with van der Waals surface area (Å²) in [5.41, 5.74) is 1.20. The Kier molecular flexibility index (Phi) is 6.34. The largest absolute Gasteiger partial charge is 0.307 e. The van der Waals surface area contributed by atoms with E-state index in [1.54, 1.807) is 18.2 Å². The smallest absolute Gasteiger partial charge is 0.269 e. The molecule has 1 fully saturated rings. The van der Waals surface area contributed by atoms with E-state index in [-0.39, 0.29) is 16.7 Å². The fourth-order valence-electron chi connectivity index (χ4n) is 3.23. The second kappa shape index (κ2) is 8.25. The van der Waals surface area contributed by atoms with Crippen molar-refractivity contribution in [3.63, 3.8) is 0 Å². The molecule has 1 unspecified atom stereocenters. The van der Waals surface area contributed by atoms with Gasteiger partial charge in [0.05, 0.1) is 4.92 Å². The summed E-state index contributed by atoms with van der Waals surface area (Å²) in [6.07, 6.45) is 4.47. The molecule has 0 saturated carbocycles. The zero-order valence-corrected chi connectivity index (χ0v) is 13.6. The van der Waals surface area contributed by atoms with Gasteiger partial charge in [-0.2, -0.15) is 0 Å². The first kappa shape index (κ1) is 16.9. The normalized spacial score (nSPS) is 18.3. The third-order valence-corrected chi connectivity index (χ3v) is 4.46. The molecule has 1 heterocycles. The number of non-ortho nitro benzene ring substituents is 1. The van der Waals surface area contributed by atoms with Crippen LogP contribution in [0.3, 0.4) is 0 Å². The van der Waals surface area contributed by atoms with Crippen LogP contribution in [0.15, 0.2) is 24.3 Å². The van der Waals surface area contributed by atoms with Crippen LogP contribution in [0.4, 0.5) is 5.69 Å². The van der Waals surface area contributed by atoms with Gasteiger partial charge in [-0.15, -0.1) is 0 Å². The molecule has 0 spiro atoms. The summed E-state index contributed by atoms with van der Waals surface area (Å²) in [6, 6.07) is 7.73. The van der Waals surface area contributed by atoms with E-state index in [2.05, 4.69) is 24.1 Å². The number of benzene rings is 1. The van der Waals surface area contributed by atoms with Crippen molar-refractivity contribution in [1.82, 2.24) is 10.2 Å². The lowest BCUT2D eigenvalue weighted by Gasteiger charge is -2.34. The molecule has 1 aliphatic rings. The highest BCUT2D eigenvalue weighted by atomic mass is 16.6. The van der Waals surface area contributed by atoms with Crippen molar-refractivity contribution < 1.29 is 4.92 Å². The minimum absolute atomic E-state index is 0.176. The highest BCUT2D eigenvalue weighted by Crippen LogP contribution is 2.23. The molecule has 0 aliphatic carbocycles. The number of rotatable bonds is 7. The molecule has 0 radical (unpaired) electrons. The van der Waals surface area contributed by atoms with Gasteiger partial charge in [0, 0.05) is 24.2 Å². The van der Waals surface area contributed by atoms with Gasteiger partial charge in [-0.05, 0) is 50.9 Å². The predicted octanol–water partition coefficient (Wildman–Crippen LogP) is 3.51. The van der Waals surface area contributed by atoms with Crippen molar-refractivity contribution in [1.29, 1.82) is 0 Å². The molecule has 0 amide bonds. The molecule has 1 aromatic rings. The molecule has 22 heavy (non-hydrogen) atoms. The number of nitro benzene ring substituents is 1. The van der Waals surface area contributed by atoms with Crippen LogP contribution >= 0.6 is 0 Å². The van der Waals surface area contributed by atoms with Crippen LogP contribution in [0.5, 0.6) is 0 Å². The minimum Gasteiger partial charge on any atom is -0.307 e. The van der Waals surface area contributed by atoms with Crippen LogP contribution in [0.25, 0.3) is 0 Å². The number of hydrogen-bond acceptors (Lipinski definition) is 4. The molecule has 5 nitrogen and oxygen atoms in total. The lowest BCUT2D eigenvalue weighted by molar-refractivity contribution is -0.384. The van der Waals surface area contributed by atoms with E-state index in [0.29, 0.717) is 6.04 Å². The van der Waals surface area contributed by atoms with E-state index in [9.17, 15) is 10.1 Å². The molecule has 2 rings (SSSR count).